The molecule has 0 unspecified atom stereocenters. The van der Waals surface area contributed by atoms with Crippen molar-refractivity contribution in [3.63, 3.8) is 0 Å². The molecule has 1 saturated carbocycles. The molecule has 4 rings (SSSR count). The molecule has 2 atom stereocenters. The Hall–Kier alpha value is -1.35. The Morgan fingerprint density at radius 2 is 2.05 bits per heavy atom. The fourth-order valence-corrected chi connectivity index (χ4v) is 4.02. The predicted octanol–water partition coefficient (Wildman–Crippen LogP) is 3.13. The average Bonchev–Trinajstić information content (AvgIpc) is 3.27. The van der Waals surface area contributed by atoms with Gasteiger partial charge in [-0.3, -0.25) is 4.79 Å². The molecular weight excluding hydrogens is 274 g/mol. The summed E-state index contributed by atoms with van der Waals surface area (Å²) >= 11 is 0. The highest BCUT2D eigenvalue weighted by Crippen LogP contribution is 2.37. The number of carbonyl (C=O) groups excluding carboxylic acids is 1. The number of carbonyl (C=O) groups is 1. The van der Waals surface area contributed by atoms with E-state index in [1.165, 1.54) is 24.0 Å². The number of hydrogen-bond acceptors (Lipinski definition) is 2. The van der Waals surface area contributed by atoms with E-state index in [4.69, 9.17) is 4.74 Å². The van der Waals surface area contributed by atoms with Gasteiger partial charge in [0.25, 0.3) is 0 Å². The van der Waals surface area contributed by atoms with Crippen LogP contribution in [-0.4, -0.2) is 36.6 Å². The van der Waals surface area contributed by atoms with E-state index in [0.717, 1.165) is 45.4 Å². The zero-order chi connectivity index (χ0) is 14.9. The molecule has 3 heteroatoms. The van der Waals surface area contributed by atoms with Crippen LogP contribution in [0.3, 0.4) is 0 Å². The lowest BCUT2D eigenvalue weighted by molar-refractivity contribution is -0.134. The standard InChI is InChI=1S/C19H25NO2/c21-19(18-7-3-5-15-4-1-2-6-17(15)18)20(16-8-9-16)12-14-10-11-22-13-14/h1-2,4,6,14,16,18H,3,5,7-13H2/t14-,18-/m1/s1. The van der Waals surface area contributed by atoms with E-state index in [9.17, 15) is 4.79 Å². The summed E-state index contributed by atoms with van der Waals surface area (Å²) in [5, 5.41) is 0. The predicted molar refractivity (Wildman–Crippen MR) is 85.8 cm³/mol. The monoisotopic (exact) mass is 299 g/mol. The number of benzene rings is 1. The molecule has 3 aliphatic rings. The first kappa shape index (κ1) is 14.3. The van der Waals surface area contributed by atoms with Crippen LogP contribution in [0.1, 0.15) is 49.1 Å². The number of aryl methyl sites for hydroxylation is 1. The highest BCUT2D eigenvalue weighted by Gasteiger charge is 2.38. The SMILES string of the molecule is O=C([C@@H]1CCCc2ccccc21)N(C[C@H]1CCOC1)C1CC1. The van der Waals surface area contributed by atoms with E-state index >= 15 is 0 Å². The molecule has 0 spiro atoms. The van der Waals surface area contributed by atoms with Gasteiger partial charge in [0.2, 0.25) is 5.91 Å². The number of fused-ring (bicyclic) bond motifs is 1. The first-order chi connectivity index (χ1) is 10.8. The topological polar surface area (TPSA) is 29.5 Å². The number of nitrogens with zero attached hydrogens (tertiary/aromatic N) is 1. The quantitative estimate of drug-likeness (QED) is 0.855. The fraction of sp³-hybridized carbons (Fsp3) is 0.632. The summed E-state index contributed by atoms with van der Waals surface area (Å²) in [5.74, 6) is 1.01. The lowest BCUT2D eigenvalue weighted by atomic mass is 9.82. The Bertz CT molecular complexity index is 546. The Morgan fingerprint density at radius 3 is 2.82 bits per heavy atom. The number of ether oxygens (including phenoxy) is 1. The minimum Gasteiger partial charge on any atom is -0.381 e. The Balaban J connectivity index is 1.54. The molecule has 1 aromatic rings. The summed E-state index contributed by atoms with van der Waals surface area (Å²) in [6.07, 6.45) is 6.76. The van der Waals surface area contributed by atoms with Gasteiger partial charge in [-0.05, 0) is 49.7 Å². The molecule has 0 bridgehead atoms. The third kappa shape index (κ3) is 2.79. The Kier molecular flexibility index (Phi) is 3.91. The van der Waals surface area contributed by atoms with Crippen LogP contribution in [0, 0.1) is 5.92 Å². The van der Waals surface area contributed by atoms with Crippen molar-refractivity contribution in [2.45, 2.75) is 50.5 Å². The van der Waals surface area contributed by atoms with Gasteiger partial charge in [-0.15, -0.1) is 0 Å². The minimum absolute atomic E-state index is 0.0906. The van der Waals surface area contributed by atoms with Gasteiger partial charge in [-0.2, -0.15) is 0 Å². The van der Waals surface area contributed by atoms with E-state index in [-0.39, 0.29) is 5.92 Å². The van der Waals surface area contributed by atoms with Gasteiger partial charge in [0, 0.05) is 25.1 Å². The molecule has 118 valence electrons. The first-order valence-electron chi connectivity index (χ1n) is 8.79. The van der Waals surface area contributed by atoms with Crippen LogP contribution in [0.5, 0.6) is 0 Å². The molecule has 3 nitrogen and oxygen atoms in total. The third-order valence-corrected chi connectivity index (χ3v) is 5.42. The van der Waals surface area contributed by atoms with Crippen molar-refractivity contribution in [1.29, 1.82) is 0 Å². The van der Waals surface area contributed by atoms with Gasteiger partial charge in [-0.25, -0.2) is 0 Å². The Labute approximate surface area is 132 Å². The molecule has 22 heavy (non-hydrogen) atoms. The van der Waals surface area contributed by atoms with Crippen molar-refractivity contribution in [2.75, 3.05) is 19.8 Å². The van der Waals surface area contributed by atoms with Gasteiger partial charge in [0.15, 0.2) is 0 Å². The van der Waals surface area contributed by atoms with Crippen molar-refractivity contribution in [3.05, 3.63) is 35.4 Å². The van der Waals surface area contributed by atoms with Crippen molar-refractivity contribution < 1.29 is 9.53 Å². The maximum atomic E-state index is 13.2. The fourth-order valence-electron chi connectivity index (χ4n) is 4.02. The van der Waals surface area contributed by atoms with Gasteiger partial charge in [0.1, 0.15) is 0 Å². The average molecular weight is 299 g/mol. The summed E-state index contributed by atoms with van der Waals surface area (Å²) in [4.78, 5) is 15.4. The Morgan fingerprint density at radius 1 is 1.18 bits per heavy atom. The second kappa shape index (κ2) is 6.04. The lowest BCUT2D eigenvalue weighted by Gasteiger charge is -2.32. The molecule has 1 aliphatic heterocycles. The largest absolute Gasteiger partial charge is 0.381 e. The summed E-state index contributed by atoms with van der Waals surface area (Å²) in [6, 6.07) is 9.04. The minimum atomic E-state index is 0.0906. The van der Waals surface area contributed by atoms with Crippen molar-refractivity contribution >= 4 is 5.91 Å². The van der Waals surface area contributed by atoms with Crippen molar-refractivity contribution in [2.24, 2.45) is 5.92 Å². The van der Waals surface area contributed by atoms with Crippen LogP contribution in [0.25, 0.3) is 0 Å². The van der Waals surface area contributed by atoms with Gasteiger partial charge in [0.05, 0.1) is 12.5 Å². The van der Waals surface area contributed by atoms with E-state index in [1.807, 2.05) is 0 Å². The van der Waals surface area contributed by atoms with Crippen LogP contribution < -0.4 is 0 Å². The van der Waals surface area contributed by atoms with Crippen LogP contribution in [0.4, 0.5) is 0 Å². The number of rotatable bonds is 4. The molecule has 1 saturated heterocycles. The zero-order valence-electron chi connectivity index (χ0n) is 13.2. The zero-order valence-corrected chi connectivity index (χ0v) is 13.2. The summed E-state index contributed by atoms with van der Waals surface area (Å²) in [5.41, 5.74) is 2.67. The summed E-state index contributed by atoms with van der Waals surface area (Å²) < 4.78 is 5.50. The maximum Gasteiger partial charge on any atom is 0.230 e. The van der Waals surface area contributed by atoms with Gasteiger partial charge >= 0.3 is 0 Å². The van der Waals surface area contributed by atoms with Crippen molar-refractivity contribution in [3.8, 4) is 0 Å². The van der Waals surface area contributed by atoms with Crippen LogP contribution in [0.2, 0.25) is 0 Å². The van der Waals surface area contributed by atoms with E-state index in [2.05, 4.69) is 29.2 Å². The van der Waals surface area contributed by atoms with Gasteiger partial charge in [-0.1, -0.05) is 24.3 Å². The molecular formula is C19H25NO2. The van der Waals surface area contributed by atoms with Crippen LogP contribution in [0.15, 0.2) is 24.3 Å². The molecule has 2 fully saturated rings. The molecule has 0 aromatic heterocycles. The third-order valence-electron chi connectivity index (χ3n) is 5.42. The normalized spacial score (nSPS) is 27.5. The first-order valence-corrected chi connectivity index (χ1v) is 8.79. The maximum absolute atomic E-state index is 13.2. The summed E-state index contributed by atoms with van der Waals surface area (Å²) in [7, 11) is 0. The van der Waals surface area contributed by atoms with Crippen LogP contribution >= 0.6 is 0 Å². The lowest BCUT2D eigenvalue weighted by Crippen LogP contribution is -2.41. The molecule has 0 radical (unpaired) electrons. The van der Waals surface area contributed by atoms with Crippen molar-refractivity contribution in [1.82, 2.24) is 4.90 Å². The summed E-state index contributed by atoms with van der Waals surface area (Å²) in [6.45, 7) is 2.60. The second-order valence-electron chi connectivity index (χ2n) is 7.10. The number of hydrogen-bond donors (Lipinski definition) is 0. The highest BCUT2D eigenvalue weighted by molar-refractivity contribution is 5.85. The molecule has 1 aromatic carbocycles. The van der Waals surface area contributed by atoms with Gasteiger partial charge < -0.3 is 9.64 Å². The van der Waals surface area contributed by atoms with E-state index in [0.29, 0.717) is 17.9 Å². The number of amides is 1. The van der Waals surface area contributed by atoms with E-state index < -0.39 is 0 Å². The molecule has 1 heterocycles. The molecule has 1 amide bonds. The second-order valence-corrected chi connectivity index (χ2v) is 7.10. The smallest absolute Gasteiger partial charge is 0.230 e. The molecule has 0 N–H and O–H groups in total. The molecule has 2 aliphatic carbocycles. The van der Waals surface area contributed by atoms with E-state index in [1.54, 1.807) is 0 Å². The highest BCUT2D eigenvalue weighted by atomic mass is 16.5. The van der Waals surface area contributed by atoms with Crippen LogP contribution in [-0.2, 0) is 16.0 Å².